The van der Waals surface area contributed by atoms with E-state index >= 15 is 0 Å². The highest BCUT2D eigenvalue weighted by atomic mass is 16.5. The lowest BCUT2D eigenvalue weighted by molar-refractivity contribution is -0.130. The molecule has 0 radical (unpaired) electrons. The lowest BCUT2D eigenvalue weighted by Crippen LogP contribution is -2.13. The molecule has 1 rings (SSSR count). The van der Waals surface area contributed by atoms with Gasteiger partial charge in [0.1, 0.15) is 17.2 Å². The zero-order chi connectivity index (χ0) is 19.7. The van der Waals surface area contributed by atoms with Crippen molar-refractivity contribution in [3.8, 4) is 17.2 Å². The number of hydrogen-bond acceptors (Lipinski definition) is 6. The fourth-order valence-electron chi connectivity index (χ4n) is 2.00. The Morgan fingerprint density at radius 3 is 2.15 bits per heavy atom. The van der Waals surface area contributed by atoms with Gasteiger partial charge in [0.2, 0.25) is 0 Å². The molecule has 0 aromatic heterocycles. The van der Waals surface area contributed by atoms with Crippen LogP contribution < -0.4 is 14.2 Å². The van der Waals surface area contributed by atoms with E-state index in [0.29, 0.717) is 24.2 Å². The number of hydrogen-bond donors (Lipinski definition) is 1. The molecule has 0 aliphatic rings. The molecule has 142 valence electrons. The van der Waals surface area contributed by atoms with Crippen molar-refractivity contribution in [3.05, 3.63) is 42.0 Å². The van der Waals surface area contributed by atoms with E-state index in [1.807, 2.05) is 6.92 Å². The normalized spacial score (nSPS) is 10.2. The van der Waals surface area contributed by atoms with Gasteiger partial charge in [0, 0.05) is 41.9 Å². The summed E-state index contributed by atoms with van der Waals surface area (Å²) < 4.78 is 16.4. The van der Waals surface area contributed by atoms with Gasteiger partial charge >= 0.3 is 11.9 Å². The van der Waals surface area contributed by atoms with Gasteiger partial charge < -0.3 is 19.3 Å². The van der Waals surface area contributed by atoms with Crippen LogP contribution in [0.3, 0.4) is 0 Å². The van der Waals surface area contributed by atoms with Crippen molar-refractivity contribution in [1.29, 1.82) is 0 Å². The third kappa shape index (κ3) is 6.37. The van der Waals surface area contributed by atoms with Gasteiger partial charge in [0.05, 0.1) is 6.61 Å². The molecule has 0 unspecified atom stereocenters. The molecule has 0 amide bonds. The van der Waals surface area contributed by atoms with E-state index in [9.17, 15) is 9.59 Å². The van der Waals surface area contributed by atoms with Gasteiger partial charge in [-0.3, -0.25) is 0 Å². The molecule has 1 N–H and O–H groups in total. The van der Waals surface area contributed by atoms with E-state index in [2.05, 4.69) is 13.2 Å². The van der Waals surface area contributed by atoms with Crippen LogP contribution in [0.2, 0.25) is 0 Å². The van der Waals surface area contributed by atoms with Gasteiger partial charge in [-0.15, -0.1) is 0 Å². The van der Waals surface area contributed by atoms with Crippen LogP contribution in [0, 0.1) is 0 Å². The number of aliphatic hydroxyl groups is 1. The average molecular weight is 362 g/mol. The van der Waals surface area contributed by atoms with Crippen molar-refractivity contribution in [2.45, 2.75) is 40.0 Å². The Labute approximate surface area is 154 Å². The van der Waals surface area contributed by atoms with E-state index in [-0.39, 0.29) is 35.9 Å². The Bertz CT molecular complexity index is 690. The van der Waals surface area contributed by atoms with Crippen LogP contribution in [-0.4, -0.2) is 30.3 Å². The largest absolute Gasteiger partial charge is 0.493 e. The second kappa shape index (κ2) is 10.4. The lowest BCUT2D eigenvalue weighted by Gasteiger charge is -2.17. The maximum Gasteiger partial charge on any atom is 0.338 e. The minimum Gasteiger partial charge on any atom is -0.493 e. The number of aliphatic hydroxyl groups excluding tert-OH is 1. The van der Waals surface area contributed by atoms with E-state index in [0.717, 1.165) is 6.42 Å². The molecule has 0 atom stereocenters. The van der Waals surface area contributed by atoms with Gasteiger partial charge in [-0.2, -0.15) is 0 Å². The summed E-state index contributed by atoms with van der Waals surface area (Å²) in [5, 5.41) is 8.95. The van der Waals surface area contributed by atoms with E-state index in [1.165, 1.54) is 13.0 Å². The van der Waals surface area contributed by atoms with Crippen LogP contribution in [0.15, 0.2) is 36.4 Å². The standard InChI is InChI=1S/C20H26O6/c1-6-8-16-17(24-10-7-9-21)11-15(25-19(22)13(2)3)12-18(16)26-20(23)14(4)5/h11-12,21H,2,4,6-10H2,1,3,5H3. The van der Waals surface area contributed by atoms with Crippen LogP contribution in [0.1, 0.15) is 39.2 Å². The first kappa shape index (κ1) is 21.4. The molecule has 0 bridgehead atoms. The molecule has 26 heavy (non-hydrogen) atoms. The highest BCUT2D eigenvalue weighted by Crippen LogP contribution is 2.36. The molecule has 0 spiro atoms. The maximum absolute atomic E-state index is 12.0. The summed E-state index contributed by atoms with van der Waals surface area (Å²) in [5.74, 6) is -0.289. The predicted octanol–water partition coefficient (Wildman–Crippen LogP) is 3.36. The lowest BCUT2D eigenvalue weighted by atomic mass is 10.1. The van der Waals surface area contributed by atoms with E-state index < -0.39 is 11.9 Å². The van der Waals surface area contributed by atoms with Crippen LogP contribution in [0.25, 0.3) is 0 Å². The molecular weight excluding hydrogens is 336 g/mol. The molecular formula is C20H26O6. The topological polar surface area (TPSA) is 82.1 Å². The third-order valence-electron chi connectivity index (χ3n) is 3.31. The predicted molar refractivity (Wildman–Crippen MR) is 98.5 cm³/mol. The van der Waals surface area contributed by atoms with Crippen molar-refractivity contribution in [1.82, 2.24) is 0 Å². The maximum atomic E-state index is 12.0. The zero-order valence-corrected chi connectivity index (χ0v) is 15.6. The number of rotatable bonds is 10. The van der Waals surface area contributed by atoms with Gasteiger partial charge in [0.15, 0.2) is 0 Å². The van der Waals surface area contributed by atoms with Gasteiger partial charge in [-0.05, 0) is 20.3 Å². The minimum absolute atomic E-state index is 0.00898. The first-order chi connectivity index (χ1) is 12.3. The summed E-state index contributed by atoms with van der Waals surface area (Å²) >= 11 is 0. The van der Waals surface area contributed by atoms with Gasteiger partial charge in [-0.1, -0.05) is 26.5 Å². The van der Waals surface area contributed by atoms with E-state index in [4.69, 9.17) is 19.3 Å². The van der Waals surface area contributed by atoms with Crippen molar-refractivity contribution in [2.75, 3.05) is 13.2 Å². The molecule has 6 nitrogen and oxygen atoms in total. The molecule has 1 aromatic carbocycles. The molecule has 1 aromatic rings. The number of esters is 2. The Hall–Kier alpha value is -2.60. The average Bonchev–Trinajstić information content (AvgIpc) is 2.57. The summed E-state index contributed by atoms with van der Waals surface area (Å²) in [7, 11) is 0. The fraction of sp³-hybridized carbons (Fsp3) is 0.400. The Balaban J connectivity index is 3.32. The Morgan fingerprint density at radius 1 is 1.04 bits per heavy atom. The van der Waals surface area contributed by atoms with E-state index in [1.54, 1.807) is 13.0 Å². The third-order valence-corrected chi connectivity index (χ3v) is 3.31. The number of benzene rings is 1. The Morgan fingerprint density at radius 2 is 1.62 bits per heavy atom. The van der Waals surface area contributed by atoms with Crippen LogP contribution in [0.5, 0.6) is 17.2 Å². The van der Waals surface area contributed by atoms with Gasteiger partial charge in [-0.25, -0.2) is 9.59 Å². The van der Waals surface area contributed by atoms with Crippen LogP contribution in [-0.2, 0) is 16.0 Å². The monoisotopic (exact) mass is 362 g/mol. The second-order valence-corrected chi connectivity index (χ2v) is 5.91. The highest BCUT2D eigenvalue weighted by molar-refractivity contribution is 5.90. The van der Waals surface area contributed by atoms with Crippen molar-refractivity contribution in [2.24, 2.45) is 0 Å². The fourth-order valence-corrected chi connectivity index (χ4v) is 2.00. The summed E-state index contributed by atoms with van der Waals surface area (Å²) in [5.41, 5.74) is 1.18. The zero-order valence-electron chi connectivity index (χ0n) is 15.6. The van der Waals surface area contributed by atoms with Crippen molar-refractivity contribution < 1.29 is 28.9 Å². The SMILES string of the molecule is C=C(C)C(=O)Oc1cc(OCCCO)c(CCC)c(OC(=O)C(=C)C)c1. The summed E-state index contributed by atoms with van der Waals surface area (Å²) in [6, 6.07) is 3.05. The number of carbonyl (C=O) groups is 2. The smallest absolute Gasteiger partial charge is 0.338 e. The molecule has 0 heterocycles. The molecule has 0 aliphatic heterocycles. The molecule has 0 saturated carbocycles. The van der Waals surface area contributed by atoms with Crippen molar-refractivity contribution in [3.63, 3.8) is 0 Å². The minimum atomic E-state index is -0.591. The first-order valence-electron chi connectivity index (χ1n) is 8.46. The second-order valence-electron chi connectivity index (χ2n) is 5.91. The van der Waals surface area contributed by atoms with Crippen LogP contribution in [0.4, 0.5) is 0 Å². The number of carbonyl (C=O) groups excluding carboxylic acids is 2. The molecule has 0 aliphatic carbocycles. The summed E-state index contributed by atoms with van der Waals surface area (Å²) in [4.78, 5) is 23.8. The summed E-state index contributed by atoms with van der Waals surface area (Å²) in [6.45, 7) is 12.5. The van der Waals surface area contributed by atoms with Gasteiger partial charge in [0.25, 0.3) is 0 Å². The van der Waals surface area contributed by atoms with Crippen LogP contribution >= 0.6 is 0 Å². The first-order valence-corrected chi connectivity index (χ1v) is 8.46. The highest BCUT2D eigenvalue weighted by Gasteiger charge is 2.18. The van der Waals surface area contributed by atoms with Crippen molar-refractivity contribution >= 4 is 11.9 Å². The summed E-state index contributed by atoms with van der Waals surface area (Å²) in [6.07, 6.45) is 1.84. The quantitative estimate of drug-likeness (QED) is 0.297. The Kier molecular flexibility index (Phi) is 8.58. The molecule has 0 fully saturated rings. The number of ether oxygens (including phenoxy) is 3. The molecule has 0 saturated heterocycles. The molecule has 6 heteroatoms.